The summed E-state index contributed by atoms with van der Waals surface area (Å²) >= 11 is 0. The van der Waals surface area contributed by atoms with Crippen molar-refractivity contribution in [2.45, 2.75) is 0 Å². The molecule has 1 amide bonds. The smallest absolute Gasteiger partial charge is 0.407 e. The number of nitriles is 1. The standard InChI is InChI=1S/C11H12N4O2/c12-7-9-1-2-10(13-8-9)14-3-5-15(6-4-14)11(16)17/h1-2,8H,3-6H2,(H,16,17). The number of carboxylic acid groups (broad SMARTS) is 1. The number of aromatic nitrogens is 1. The molecule has 0 bridgehead atoms. The zero-order valence-electron chi connectivity index (χ0n) is 9.20. The van der Waals surface area contributed by atoms with Crippen LogP contribution in [0.2, 0.25) is 0 Å². The van der Waals surface area contributed by atoms with E-state index >= 15 is 0 Å². The Morgan fingerprint density at radius 2 is 2.06 bits per heavy atom. The quantitative estimate of drug-likeness (QED) is 0.772. The van der Waals surface area contributed by atoms with E-state index in [9.17, 15) is 4.79 Å². The van der Waals surface area contributed by atoms with Crippen molar-refractivity contribution in [2.75, 3.05) is 31.1 Å². The fourth-order valence-corrected chi connectivity index (χ4v) is 1.77. The highest BCUT2D eigenvalue weighted by molar-refractivity contribution is 5.65. The highest BCUT2D eigenvalue weighted by Crippen LogP contribution is 2.13. The van der Waals surface area contributed by atoms with E-state index in [4.69, 9.17) is 10.4 Å². The van der Waals surface area contributed by atoms with Gasteiger partial charge in [0.1, 0.15) is 11.9 Å². The fraction of sp³-hybridized carbons (Fsp3) is 0.364. The summed E-state index contributed by atoms with van der Waals surface area (Å²) in [6, 6.07) is 5.51. The van der Waals surface area contributed by atoms with Gasteiger partial charge in [-0.05, 0) is 12.1 Å². The van der Waals surface area contributed by atoms with Crippen LogP contribution in [0, 0.1) is 11.3 Å². The van der Waals surface area contributed by atoms with Gasteiger partial charge in [-0.25, -0.2) is 9.78 Å². The van der Waals surface area contributed by atoms with Gasteiger partial charge in [-0.1, -0.05) is 0 Å². The first-order chi connectivity index (χ1) is 8.20. The lowest BCUT2D eigenvalue weighted by Gasteiger charge is -2.33. The SMILES string of the molecule is N#Cc1ccc(N2CCN(C(=O)O)CC2)nc1. The highest BCUT2D eigenvalue weighted by Gasteiger charge is 2.20. The lowest BCUT2D eigenvalue weighted by molar-refractivity contribution is 0.142. The second-order valence-corrected chi connectivity index (χ2v) is 3.77. The van der Waals surface area contributed by atoms with Gasteiger partial charge in [0.25, 0.3) is 0 Å². The predicted octanol–water partition coefficient (Wildman–Crippen LogP) is 0.753. The third kappa shape index (κ3) is 2.45. The first-order valence-electron chi connectivity index (χ1n) is 5.29. The molecule has 88 valence electrons. The van der Waals surface area contributed by atoms with Crippen LogP contribution in [0.5, 0.6) is 0 Å². The van der Waals surface area contributed by atoms with Crippen molar-refractivity contribution >= 4 is 11.9 Å². The number of hydrogen-bond acceptors (Lipinski definition) is 4. The summed E-state index contributed by atoms with van der Waals surface area (Å²) < 4.78 is 0. The molecule has 1 fully saturated rings. The molecule has 1 aliphatic rings. The first-order valence-corrected chi connectivity index (χ1v) is 5.29. The molecule has 6 nitrogen and oxygen atoms in total. The van der Waals surface area contributed by atoms with E-state index in [-0.39, 0.29) is 0 Å². The second kappa shape index (κ2) is 4.70. The van der Waals surface area contributed by atoms with Gasteiger partial charge in [-0.2, -0.15) is 5.26 Å². The average Bonchev–Trinajstić information content (AvgIpc) is 2.39. The van der Waals surface area contributed by atoms with Crippen LogP contribution in [-0.4, -0.2) is 47.3 Å². The maximum absolute atomic E-state index is 10.7. The van der Waals surface area contributed by atoms with Crippen LogP contribution >= 0.6 is 0 Å². The predicted molar refractivity (Wildman–Crippen MR) is 60.8 cm³/mol. The van der Waals surface area contributed by atoms with Crippen molar-refractivity contribution in [1.82, 2.24) is 9.88 Å². The van der Waals surface area contributed by atoms with E-state index in [0.29, 0.717) is 31.7 Å². The molecule has 0 spiro atoms. The highest BCUT2D eigenvalue weighted by atomic mass is 16.4. The summed E-state index contributed by atoms with van der Waals surface area (Å²) in [5.74, 6) is 0.786. The summed E-state index contributed by atoms with van der Waals surface area (Å²) in [7, 11) is 0. The summed E-state index contributed by atoms with van der Waals surface area (Å²) in [4.78, 5) is 18.3. The monoisotopic (exact) mass is 232 g/mol. The van der Waals surface area contributed by atoms with Crippen molar-refractivity contribution in [3.63, 3.8) is 0 Å². The number of piperazine rings is 1. The molecule has 1 saturated heterocycles. The van der Waals surface area contributed by atoms with Gasteiger partial charge in [0.2, 0.25) is 0 Å². The molecule has 2 heterocycles. The molecule has 0 atom stereocenters. The molecule has 0 radical (unpaired) electrons. The summed E-state index contributed by atoms with van der Waals surface area (Å²) in [5, 5.41) is 17.5. The van der Waals surface area contributed by atoms with Crippen LogP contribution < -0.4 is 4.90 Å². The van der Waals surface area contributed by atoms with Crippen LogP contribution in [0.1, 0.15) is 5.56 Å². The first kappa shape index (κ1) is 11.2. The molecule has 6 heteroatoms. The number of pyridine rings is 1. The van der Waals surface area contributed by atoms with Crippen LogP contribution in [-0.2, 0) is 0 Å². The number of carbonyl (C=O) groups is 1. The largest absolute Gasteiger partial charge is 0.465 e. The molecule has 1 N–H and O–H groups in total. The molecule has 0 aliphatic carbocycles. The maximum atomic E-state index is 10.7. The molecule has 1 aromatic rings. The minimum atomic E-state index is -0.877. The average molecular weight is 232 g/mol. The zero-order valence-corrected chi connectivity index (χ0v) is 9.20. The Hall–Kier alpha value is -2.29. The third-order valence-electron chi connectivity index (χ3n) is 2.75. The summed E-state index contributed by atoms with van der Waals surface area (Å²) in [6.45, 7) is 2.23. The number of amides is 1. The van der Waals surface area contributed by atoms with Gasteiger partial charge in [0, 0.05) is 32.4 Å². The van der Waals surface area contributed by atoms with E-state index in [1.807, 2.05) is 11.0 Å². The van der Waals surface area contributed by atoms with Crippen molar-refractivity contribution in [2.24, 2.45) is 0 Å². The van der Waals surface area contributed by atoms with Gasteiger partial charge >= 0.3 is 6.09 Å². The Morgan fingerprint density at radius 3 is 2.53 bits per heavy atom. The minimum Gasteiger partial charge on any atom is -0.465 e. The van der Waals surface area contributed by atoms with Gasteiger partial charge in [0.15, 0.2) is 0 Å². The van der Waals surface area contributed by atoms with Gasteiger partial charge in [0.05, 0.1) is 5.56 Å². The van der Waals surface area contributed by atoms with Crippen molar-refractivity contribution in [3.05, 3.63) is 23.9 Å². The number of hydrogen-bond donors (Lipinski definition) is 1. The topological polar surface area (TPSA) is 80.5 Å². The van der Waals surface area contributed by atoms with Crippen molar-refractivity contribution in [3.8, 4) is 6.07 Å². The van der Waals surface area contributed by atoms with E-state index in [2.05, 4.69) is 4.98 Å². The Labute approximate surface area is 98.7 Å². The molecule has 17 heavy (non-hydrogen) atoms. The van der Waals surface area contributed by atoms with E-state index in [1.165, 1.54) is 11.1 Å². The Morgan fingerprint density at radius 1 is 1.35 bits per heavy atom. The van der Waals surface area contributed by atoms with Crippen molar-refractivity contribution < 1.29 is 9.90 Å². The van der Waals surface area contributed by atoms with Gasteiger partial charge in [-0.3, -0.25) is 0 Å². The van der Waals surface area contributed by atoms with E-state index in [0.717, 1.165) is 5.82 Å². The lowest BCUT2D eigenvalue weighted by atomic mass is 10.3. The van der Waals surface area contributed by atoms with Crippen LogP contribution in [0.15, 0.2) is 18.3 Å². The Kier molecular flexibility index (Phi) is 3.10. The molecule has 0 saturated carbocycles. The number of rotatable bonds is 1. The Balaban J connectivity index is 2.00. The van der Waals surface area contributed by atoms with E-state index < -0.39 is 6.09 Å². The fourth-order valence-electron chi connectivity index (χ4n) is 1.77. The molecule has 1 aliphatic heterocycles. The molecule has 0 aromatic carbocycles. The molecular weight excluding hydrogens is 220 g/mol. The van der Waals surface area contributed by atoms with E-state index in [1.54, 1.807) is 12.1 Å². The maximum Gasteiger partial charge on any atom is 0.407 e. The summed E-state index contributed by atoms with van der Waals surface area (Å²) in [5.41, 5.74) is 0.526. The Bertz CT molecular complexity index is 444. The third-order valence-corrected chi connectivity index (χ3v) is 2.75. The normalized spacial score (nSPS) is 15.5. The van der Waals surface area contributed by atoms with Crippen LogP contribution in [0.4, 0.5) is 10.6 Å². The van der Waals surface area contributed by atoms with Gasteiger partial charge in [-0.15, -0.1) is 0 Å². The minimum absolute atomic E-state index is 0.483. The van der Waals surface area contributed by atoms with Crippen LogP contribution in [0.25, 0.3) is 0 Å². The number of nitrogens with zero attached hydrogens (tertiary/aromatic N) is 4. The second-order valence-electron chi connectivity index (χ2n) is 3.77. The molecule has 2 rings (SSSR count). The number of anilines is 1. The van der Waals surface area contributed by atoms with Crippen LogP contribution in [0.3, 0.4) is 0 Å². The lowest BCUT2D eigenvalue weighted by Crippen LogP contribution is -2.48. The summed E-state index contributed by atoms with van der Waals surface area (Å²) in [6.07, 6.45) is 0.649. The molecular formula is C11H12N4O2. The molecule has 0 unspecified atom stereocenters. The molecule has 1 aromatic heterocycles. The van der Waals surface area contributed by atoms with Gasteiger partial charge < -0.3 is 14.9 Å². The van der Waals surface area contributed by atoms with Crippen molar-refractivity contribution in [1.29, 1.82) is 5.26 Å². The zero-order chi connectivity index (χ0) is 12.3.